The van der Waals surface area contributed by atoms with Gasteiger partial charge in [0, 0.05) is 24.5 Å². The summed E-state index contributed by atoms with van der Waals surface area (Å²) in [6, 6.07) is 9.71. The Bertz CT molecular complexity index is 727. The fourth-order valence-electron chi connectivity index (χ4n) is 2.63. The molecular formula is C18H20FN3O3. The van der Waals surface area contributed by atoms with Crippen LogP contribution in [0.5, 0.6) is 5.75 Å². The van der Waals surface area contributed by atoms with Gasteiger partial charge in [0.2, 0.25) is 0 Å². The number of hydrogen-bond donors (Lipinski definition) is 2. The average Bonchev–Trinajstić information content (AvgIpc) is 3.11. The van der Waals surface area contributed by atoms with Crippen molar-refractivity contribution < 1.29 is 18.7 Å². The van der Waals surface area contributed by atoms with Crippen molar-refractivity contribution in [3.8, 4) is 5.75 Å². The van der Waals surface area contributed by atoms with E-state index in [1.165, 1.54) is 12.1 Å². The van der Waals surface area contributed by atoms with Gasteiger partial charge in [0.25, 0.3) is 5.91 Å². The molecule has 1 amide bonds. The van der Waals surface area contributed by atoms with Gasteiger partial charge in [0.1, 0.15) is 12.7 Å². The molecule has 1 aromatic heterocycles. The third-order valence-electron chi connectivity index (χ3n) is 3.96. The summed E-state index contributed by atoms with van der Waals surface area (Å²) in [6.45, 7) is 0.556. The van der Waals surface area contributed by atoms with E-state index in [-0.39, 0.29) is 24.4 Å². The van der Waals surface area contributed by atoms with E-state index < -0.39 is 11.9 Å². The summed E-state index contributed by atoms with van der Waals surface area (Å²) in [7, 11) is 0. The highest BCUT2D eigenvalue weighted by Crippen LogP contribution is 2.24. The number of halogens is 1. The van der Waals surface area contributed by atoms with Gasteiger partial charge in [-0.15, -0.1) is 0 Å². The summed E-state index contributed by atoms with van der Waals surface area (Å²) in [5.41, 5.74) is 6.59. The van der Waals surface area contributed by atoms with Gasteiger partial charge in [-0.25, -0.2) is 4.39 Å². The molecule has 1 aliphatic heterocycles. The number of pyridine rings is 1. The van der Waals surface area contributed by atoms with Crippen LogP contribution in [-0.2, 0) is 16.1 Å². The maximum absolute atomic E-state index is 14.2. The monoisotopic (exact) mass is 345 g/mol. The number of aromatic nitrogens is 1. The fourth-order valence-corrected chi connectivity index (χ4v) is 2.63. The summed E-state index contributed by atoms with van der Waals surface area (Å²) in [5.74, 6) is -0.748. The van der Waals surface area contributed by atoms with Crippen molar-refractivity contribution in [1.82, 2.24) is 4.98 Å². The second-order valence-corrected chi connectivity index (χ2v) is 5.80. The number of benzene rings is 1. The first-order chi connectivity index (χ1) is 12.2. The molecule has 3 rings (SSSR count). The van der Waals surface area contributed by atoms with Crippen LogP contribution in [0, 0.1) is 5.82 Å². The Balaban J connectivity index is 1.57. The van der Waals surface area contributed by atoms with Gasteiger partial charge in [-0.1, -0.05) is 6.07 Å². The fraction of sp³-hybridized carbons (Fsp3) is 0.333. The molecule has 0 bridgehead atoms. The number of carbonyl (C=O) groups excluding carboxylic acids is 1. The van der Waals surface area contributed by atoms with Crippen molar-refractivity contribution in [3.05, 3.63) is 54.1 Å². The topological polar surface area (TPSA) is 86.5 Å². The highest BCUT2D eigenvalue weighted by Gasteiger charge is 2.29. The van der Waals surface area contributed by atoms with Crippen LogP contribution in [0.4, 0.5) is 10.1 Å². The van der Waals surface area contributed by atoms with E-state index in [9.17, 15) is 9.18 Å². The van der Waals surface area contributed by atoms with E-state index in [0.29, 0.717) is 24.3 Å². The molecule has 25 heavy (non-hydrogen) atoms. The molecule has 0 radical (unpaired) electrons. The summed E-state index contributed by atoms with van der Waals surface area (Å²) < 4.78 is 25.1. The lowest BCUT2D eigenvalue weighted by atomic mass is 10.2. The van der Waals surface area contributed by atoms with Crippen LogP contribution >= 0.6 is 0 Å². The SMILES string of the molecule is NC[C@H]1CC[C@@H](C(=O)Nc2ccc(OCc3ccccn3)c(F)c2)O1. The van der Waals surface area contributed by atoms with Crippen molar-refractivity contribution in [2.45, 2.75) is 31.7 Å². The molecule has 1 aliphatic rings. The van der Waals surface area contributed by atoms with E-state index in [2.05, 4.69) is 10.3 Å². The number of nitrogens with one attached hydrogen (secondary N) is 1. The minimum absolute atomic E-state index is 0.0881. The molecule has 1 aromatic carbocycles. The summed E-state index contributed by atoms with van der Waals surface area (Å²) in [5, 5.41) is 2.66. The molecule has 2 aromatic rings. The summed E-state index contributed by atoms with van der Waals surface area (Å²) in [4.78, 5) is 16.3. The van der Waals surface area contributed by atoms with Crippen molar-refractivity contribution in [2.24, 2.45) is 5.73 Å². The number of ether oxygens (including phenoxy) is 2. The van der Waals surface area contributed by atoms with Gasteiger partial charge in [-0.2, -0.15) is 0 Å². The number of nitrogens with zero attached hydrogens (tertiary/aromatic N) is 1. The van der Waals surface area contributed by atoms with Crippen LogP contribution in [0.3, 0.4) is 0 Å². The van der Waals surface area contributed by atoms with Gasteiger partial charge in [-0.3, -0.25) is 9.78 Å². The lowest BCUT2D eigenvalue weighted by molar-refractivity contribution is -0.126. The minimum atomic E-state index is -0.555. The number of nitrogens with two attached hydrogens (primary N) is 1. The molecule has 2 heterocycles. The van der Waals surface area contributed by atoms with Gasteiger partial charge >= 0.3 is 0 Å². The number of carbonyl (C=O) groups is 1. The molecular weight excluding hydrogens is 325 g/mol. The van der Waals surface area contributed by atoms with Crippen LogP contribution < -0.4 is 15.8 Å². The molecule has 1 saturated heterocycles. The zero-order valence-electron chi connectivity index (χ0n) is 13.7. The molecule has 0 aliphatic carbocycles. The molecule has 2 atom stereocenters. The first-order valence-electron chi connectivity index (χ1n) is 8.14. The van der Waals surface area contributed by atoms with E-state index in [1.807, 2.05) is 6.07 Å². The van der Waals surface area contributed by atoms with Gasteiger partial charge in [0.15, 0.2) is 11.6 Å². The number of rotatable bonds is 6. The third-order valence-corrected chi connectivity index (χ3v) is 3.96. The second-order valence-electron chi connectivity index (χ2n) is 5.80. The van der Waals surface area contributed by atoms with Crippen molar-refractivity contribution in [3.63, 3.8) is 0 Å². The van der Waals surface area contributed by atoms with Crippen LogP contribution in [0.2, 0.25) is 0 Å². The van der Waals surface area contributed by atoms with E-state index in [4.69, 9.17) is 15.2 Å². The highest BCUT2D eigenvalue weighted by atomic mass is 19.1. The van der Waals surface area contributed by atoms with Crippen molar-refractivity contribution in [2.75, 3.05) is 11.9 Å². The molecule has 6 nitrogen and oxygen atoms in total. The molecule has 3 N–H and O–H groups in total. The largest absolute Gasteiger partial charge is 0.484 e. The van der Waals surface area contributed by atoms with Gasteiger partial charge in [-0.05, 0) is 37.1 Å². The van der Waals surface area contributed by atoms with Gasteiger partial charge in [0.05, 0.1) is 11.8 Å². The van der Waals surface area contributed by atoms with E-state index >= 15 is 0 Å². The normalized spacial score (nSPS) is 19.6. The van der Waals surface area contributed by atoms with Crippen LogP contribution in [0.25, 0.3) is 0 Å². The predicted octanol–water partition coefficient (Wildman–Crippen LogP) is 2.24. The lowest BCUT2D eigenvalue weighted by Crippen LogP contribution is -2.29. The van der Waals surface area contributed by atoms with Crippen molar-refractivity contribution >= 4 is 11.6 Å². The van der Waals surface area contributed by atoms with Crippen LogP contribution in [0.1, 0.15) is 18.5 Å². The van der Waals surface area contributed by atoms with Gasteiger partial charge < -0.3 is 20.5 Å². The summed E-state index contributed by atoms with van der Waals surface area (Å²) in [6.07, 6.45) is 2.38. The average molecular weight is 345 g/mol. The third kappa shape index (κ3) is 4.52. The van der Waals surface area contributed by atoms with E-state index in [1.54, 1.807) is 24.4 Å². The van der Waals surface area contributed by atoms with Crippen molar-refractivity contribution in [1.29, 1.82) is 0 Å². The highest BCUT2D eigenvalue weighted by molar-refractivity contribution is 5.94. The Morgan fingerprint density at radius 1 is 1.36 bits per heavy atom. The number of hydrogen-bond acceptors (Lipinski definition) is 5. The number of anilines is 1. The van der Waals surface area contributed by atoms with E-state index in [0.717, 1.165) is 6.42 Å². The molecule has 132 valence electrons. The molecule has 0 unspecified atom stereocenters. The molecule has 0 saturated carbocycles. The molecule has 1 fully saturated rings. The Morgan fingerprint density at radius 2 is 2.24 bits per heavy atom. The Kier molecular flexibility index (Phi) is 5.57. The smallest absolute Gasteiger partial charge is 0.253 e. The maximum atomic E-state index is 14.2. The predicted molar refractivity (Wildman–Crippen MR) is 90.5 cm³/mol. The Hall–Kier alpha value is -2.51. The quantitative estimate of drug-likeness (QED) is 0.838. The summed E-state index contributed by atoms with van der Waals surface area (Å²) >= 11 is 0. The Morgan fingerprint density at radius 3 is 2.92 bits per heavy atom. The maximum Gasteiger partial charge on any atom is 0.253 e. The zero-order chi connectivity index (χ0) is 17.6. The zero-order valence-corrected chi connectivity index (χ0v) is 13.7. The molecule has 0 spiro atoms. The second kappa shape index (κ2) is 8.04. The lowest BCUT2D eigenvalue weighted by Gasteiger charge is -2.13. The first kappa shape index (κ1) is 17.3. The first-order valence-corrected chi connectivity index (χ1v) is 8.14. The number of amides is 1. The standard InChI is InChI=1S/C18H20FN3O3/c19-15-9-12(22-18(23)17-7-5-14(10-20)25-17)4-6-16(15)24-11-13-3-1-2-8-21-13/h1-4,6,8-9,14,17H,5,7,10-11,20H2,(H,22,23)/t14-,17+/m1/s1. The molecule has 7 heteroatoms. The van der Waals surface area contributed by atoms with Crippen LogP contribution in [-0.4, -0.2) is 29.6 Å². The minimum Gasteiger partial charge on any atom is -0.484 e. The van der Waals surface area contributed by atoms with Crippen LogP contribution in [0.15, 0.2) is 42.6 Å². The Labute approximate surface area is 145 Å².